The summed E-state index contributed by atoms with van der Waals surface area (Å²) in [6.07, 6.45) is 2.90. The molecule has 1 unspecified atom stereocenters. The number of carbonyl (C=O) groups excluding carboxylic acids is 3. The van der Waals surface area contributed by atoms with Crippen LogP contribution in [0.25, 0.3) is 5.57 Å². The van der Waals surface area contributed by atoms with Gasteiger partial charge in [-0.2, -0.15) is 0 Å². The topological polar surface area (TPSA) is 222 Å². The summed E-state index contributed by atoms with van der Waals surface area (Å²) < 4.78 is 5.40. The molecule has 0 spiro atoms. The molecule has 3 aromatic rings. The van der Waals surface area contributed by atoms with Crippen LogP contribution in [0.2, 0.25) is 0 Å². The number of rotatable bonds is 0. The van der Waals surface area contributed by atoms with E-state index < -0.39 is 51.7 Å². The zero-order chi connectivity index (χ0) is 32.0. The van der Waals surface area contributed by atoms with Crippen molar-refractivity contribution in [1.82, 2.24) is 0 Å². The molecule has 224 valence electrons. The fourth-order valence-corrected chi connectivity index (χ4v) is 5.99. The molecule has 7 rings (SSSR count). The van der Waals surface area contributed by atoms with E-state index in [1.165, 1.54) is 38.1 Å². The summed E-state index contributed by atoms with van der Waals surface area (Å²) >= 11 is 0. The number of carbonyl (C=O) groups is 3. The van der Waals surface area contributed by atoms with Gasteiger partial charge in [0.05, 0.1) is 22.3 Å². The molecule has 0 saturated carbocycles. The highest BCUT2D eigenvalue weighted by molar-refractivity contribution is 6.32. The van der Waals surface area contributed by atoms with Crippen LogP contribution < -0.4 is 0 Å². The van der Waals surface area contributed by atoms with Gasteiger partial charge in [0.25, 0.3) is 0 Å². The van der Waals surface area contributed by atoms with Crippen LogP contribution in [0, 0.1) is 13.8 Å². The van der Waals surface area contributed by atoms with Crippen LogP contribution in [-0.2, 0) is 16.0 Å². The summed E-state index contributed by atoms with van der Waals surface area (Å²) in [5.74, 6) is -5.03. The average molecular weight is 601 g/mol. The molecule has 0 aromatic heterocycles. The van der Waals surface area contributed by atoms with Crippen molar-refractivity contribution in [3.05, 3.63) is 98.0 Å². The van der Waals surface area contributed by atoms with Crippen molar-refractivity contribution in [2.24, 2.45) is 0 Å². The van der Waals surface area contributed by atoms with Crippen LogP contribution in [0.3, 0.4) is 0 Å². The number of aliphatic hydroxyl groups excluding tert-OH is 1. The van der Waals surface area contributed by atoms with E-state index in [1.54, 1.807) is 0 Å². The molecule has 0 fully saturated rings. The van der Waals surface area contributed by atoms with Gasteiger partial charge in [-0.25, -0.2) is 0 Å². The first-order chi connectivity index (χ1) is 20.7. The van der Waals surface area contributed by atoms with Gasteiger partial charge in [-0.05, 0) is 72.5 Å². The Morgan fingerprint density at radius 2 is 1.20 bits per heavy atom. The van der Waals surface area contributed by atoms with Gasteiger partial charge in [-0.3, -0.25) is 14.4 Å². The van der Waals surface area contributed by atoms with Crippen molar-refractivity contribution in [3.63, 3.8) is 0 Å². The highest BCUT2D eigenvalue weighted by Gasteiger charge is 2.48. The largest absolute Gasteiger partial charge is 0.507 e. The third-order valence-corrected chi connectivity index (χ3v) is 8.08. The Balaban J connectivity index is 0.000000156. The first-order valence-electron chi connectivity index (χ1n) is 13.2. The third-order valence-electron chi connectivity index (χ3n) is 8.08. The summed E-state index contributed by atoms with van der Waals surface area (Å²) in [4.78, 5) is 36.7. The molecule has 44 heavy (non-hydrogen) atoms. The number of benzene rings is 3. The minimum atomic E-state index is -1.33. The maximum absolute atomic E-state index is 12.6. The van der Waals surface area contributed by atoms with E-state index >= 15 is 0 Å². The highest BCUT2D eigenvalue weighted by Crippen LogP contribution is 2.51. The second kappa shape index (κ2) is 9.38. The minimum Gasteiger partial charge on any atom is -0.507 e. The second-order valence-electron chi connectivity index (χ2n) is 10.9. The highest BCUT2D eigenvalue weighted by atomic mass is 16.5. The number of aliphatic hydroxyl groups is 2. The van der Waals surface area contributed by atoms with Crippen molar-refractivity contribution in [3.8, 4) is 34.5 Å². The molecule has 1 heterocycles. The smallest absolute Gasteiger partial charge is 0.224 e. The van der Waals surface area contributed by atoms with Gasteiger partial charge in [-0.1, -0.05) is 0 Å². The van der Waals surface area contributed by atoms with Gasteiger partial charge in [-0.15, -0.1) is 0 Å². The Labute approximate surface area is 248 Å². The van der Waals surface area contributed by atoms with E-state index in [9.17, 15) is 55.2 Å². The SMILES string of the molecule is Cc1cc(O)c2c(c1O)C(=O)c1c(O)cc(C)c(O)c1C2=O.O=C1C=CC2=C3c4cc(O)c(O)cc4CC3(O)COC2=C1O. The summed E-state index contributed by atoms with van der Waals surface area (Å²) in [6.45, 7) is 2.81. The maximum Gasteiger partial charge on any atom is 0.224 e. The van der Waals surface area contributed by atoms with Crippen molar-refractivity contribution in [2.45, 2.75) is 25.9 Å². The Hall–Kier alpha value is -5.75. The number of aromatic hydroxyl groups is 6. The molecule has 1 aliphatic heterocycles. The zero-order valence-electron chi connectivity index (χ0n) is 23.1. The van der Waals surface area contributed by atoms with Gasteiger partial charge in [0.1, 0.15) is 35.2 Å². The summed E-state index contributed by atoms with van der Waals surface area (Å²) in [6, 6.07) is 5.10. The molecule has 3 aliphatic carbocycles. The van der Waals surface area contributed by atoms with Crippen molar-refractivity contribution in [1.29, 1.82) is 0 Å². The molecule has 12 nitrogen and oxygen atoms in total. The van der Waals surface area contributed by atoms with Gasteiger partial charge >= 0.3 is 0 Å². The Kier molecular flexibility index (Phi) is 6.05. The third kappa shape index (κ3) is 3.84. The standard InChI is InChI=1S/2C16H12O6/c17-10-2-1-8-13-9-4-12(19)11(18)3-7(9)5-16(13,21)6-22-15(8)14(10)20;1-5-3-7(17)9-11(13(5)19)15(21)10-8(18)4-6(2)14(20)12(10)16(9)22/h1-4,18-21H,5-6H2;3-4,17-20H,1-2H3. The second-order valence-corrected chi connectivity index (χ2v) is 10.9. The lowest BCUT2D eigenvalue weighted by Crippen LogP contribution is -2.39. The quantitative estimate of drug-likeness (QED) is 0.108. The molecule has 8 N–H and O–H groups in total. The molecule has 0 saturated heterocycles. The predicted octanol–water partition coefficient (Wildman–Crippen LogP) is 2.98. The van der Waals surface area contributed by atoms with E-state index in [0.29, 0.717) is 22.3 Å². The van der Waals surface area contributed by atoms with Crippen molar-refractivity contribution in [2.75, 3.05) is 6.61 Å². The van der Waals surface area contributed by atoms with Crippen molar-refractivity contribution >= 4 is 22.9 Å². The van der Waals surface area contributed by atoms with Crippen LogP contribution in [0.5, 0.6) is 34.5 Å². The minimum absolute atomic E-state index is 0.0348. The normalized spacial score (nSPS) is 19.4. The number of hydrogen-bond donors (Lipinski definition) is 8. The summed E-state index contributed by atoms with van der Waals surface area (Å²) in [7, 11) is 0. The van der Waals surface area contributed by atoms with Crippen LogP contribution in [0.1, 0.15) is 54.1 Å². The van der Waals surface area contributed by atoms with E-state index in [1.807, 2.05) is 0 Å². The summed E-state index contributed by atoms with van der Waals surface area (Å²) in [5, 5.41) is 80.1. The predicted molar refractivity (Wildman–Crippen MR) is 151 cm³/mol. The van der Waals surface area contributed by atoms with Crippen LogP contribution in [-0.4, -0.2) is 70.4 Å². The number of allylic oxidation sites excluding steroid dienone is 2. The summed E-state index contributed by atoms with van der Waals surface area (Å²) in [5.41, 5.74) is -0.247. The molecule has 0 radical (unpaired) electrons. The van der Waals surface area contributed by atoms with Gasteiger partial charge < -0.3 is 45.6 Å². The Bertz CT molecular complexity index is 1920. The van der Waals surface area contributed by atoms with Crippen LogP contribution >= 0.6 is 0 Å². The first kappa shape index (κ1) is 28.4. The number of ether oxygens (including phenoxy) is 1. The molecule has 0 amide bonds. The van der Waals surface area contributed by atoms with Crippen LogP contribution in [0.4, 0.5) is 0 Å². The van der Waals surface area contributed by atoms with Crippen LogP contribution in [0.15, 0.2) is 53.5 Å². The lowest BCUT2D eigenvalue weighted by Gasteiger charge is -2.33. The van der Waals surface area contributed by atoms with Crippen molar-refractivity contribution < 1.29 is 60.0 Å². The lowest BCUT2D eigenvalue weighted by atomic mass is 9.80. The van der Waals surface area contributed by atoms with Gasteiger partial charge in [0, 0.05) is 17.6 Å². The average Bonchev–Trinajstić information content (AvgIpc) is 3.25. The van der Waals surface area contributed by atoms with E-state index in [-0.39, 0.29) is 63.7 Å². The molecule has 0 bridgehead atoms. The van der Waals surface area contributed by atoms with E-state index in [4.69, 9.17) is 4.74 Å². The number of aryl methyl sites for hydroxylation is 2. The Morgan fingerprint density at radius 1 is 0.682 bits per heavy atom. The fraction of sp³-hybridized carbons (Fsp3) is 0.156. The number of fused-ring (bicyclic) bond motifs is 6. The molecule has 4 aliphatic rings. The lowest BCUT2D eigenvalue weighted by molar-refractivity contribution is -0.114. The van der Waals surface area contributed by atoms with E-state index in [2.05, 4.69) is 0 Å². The molecular formula is C32H24O12. The monoisotopic (exact) mass is 600 g/mol. The number of hydrogen-bond acceptors (Lipinski definition) is 12. The molecule has 12 heteroatoms. The zero-order valence-corrected chi connectivity index (χ0v) is 23.1. The van der Waals surface area contributed by atoms with E-state index in [0.717, 1.165) is 12.1 Å². The number of phenolic OH excluding ortho intramolecular Hbond substituents is 6. The molecule has 3 aromatic carbocycles. The number of phenols is 6. The maximum atomic E-state index is 12.6. The first-order valence-corrected chi connectivity index (χ1v) is 13.2. The molecular weight excluding hydrogens is 576 g/mol. The molecule has 1 atom stereocenters. The van der Waals surface area contributed by atoms with Gasteiger partial charge in [0.2, 0.25) is 23.1 Å². The fourth-order valence-electron chi connectivity index (χ4n) is 5.99. The Morgan fingerprint density at radius 3 is 1.75 bits per heavy atom. The van der Waals surface area contributed by atoms with Gasteiger partial charge in [0.15, 0.2) is 17.3 Å². The number of ketones is 3.